The van der Waals surface area contributed by atoms with E-state index in [2.05, 4.69) is 104 Å². The third-order valence-corrected chi connectivity index (χ3v) is 11.8. The van der Waals surface area contributed by atoms with Crippen molar-refractivity contribution in [3.05, 3.63) is 114 Å². The van der Waals surface area contributed by atoms with Gasteiger partial charge in [0.25, 0.3) is 10.1 Å². The Morgan fingerprint density at radius 1 is 0.885 bits per heavy atom. The fraction of sp³-hybridized carbons (Fsp3) is 0.349. The first kappa shape index (κ1) is 37.2. The van der Waals surface area contributed by atoms with Crippen LogP contribution < -0.4 is 4.90 Å². The standard InChI is InChI=1S/C43H48N2O6S/c1-6-44-35-25-23-30-16-12-13-17-31(30)41(35)43(4,27-29-51-5)38(44)21-10-7-9-20-37-42(2,3)40-33-18-15-19-36(52(48,49)50)32(33)24-26-34(40)45(37)28-14-8-11-22-39(46)47/h7,9-10,12-13,15-21,23-26H,6,8,11,14,22,27-29H2,1-5H3,(H-,46,47,48,49,50)/p+1. The number of hydrogen-bond donors (Lipinski definition) is 2. The molecule has 2 aliphatic rings. The molecular formula is C43H49N2O6S+. The highest BCUT2D eigenvalue weighted by atomic mass is 32.2. The van der Waals surface area contributed by atoms with Crippen LogP contribution in [0.4, 0.5) is 11.4 Å². The van der Waals surface area contributed by atoms with E-state index in [9.17, 15) is 17.8 Å². The molecule has 0 amide bonds. The summed E-state index contributed by atoms with van der Waals surface area (Å²) in [7, 11) is -2.67. The van der Waals surface area contributed by atoms with Crippen molar-refractivity contribution in [1.29, 1.82) is 0 Å². The normalized spacial score (nSPS) is 19.2. The van der Waals surface area contributed by atoms with Gasteiger partial charge in [0.1, 0.15) is 11.4 Å². The number of carbonyl (C=O) groups is 1. The fourth-order valence-corrected chi connectivity index (χ4v) is 9.14. The van der Waals surface area contributed by atoms with Gasteiger partial charge in [-0.3, -0.25) is 9.35 Å². The van der Waals surface area contributed by atoms with E-state index in [1.807, 2.05) is 12.1 Å². The topological polar surface area (TPSA) is 107 Å². The number of ether oxygens (including phenoxy) is 1. The van der Waals surface area contributed by atoms with Crippen LogP contribution in [0.2, 0.25) is 0 Å². The van der Waals surface area contributed by atoms with Crippen molar-refractivity contribution in [2.45, 2.75) is 75.5 Å². The van der Waals surface area contributed by atoms with E-state index >= 15 is 0 Å². The minimum atomic E-state index is -4.42. The average Bonchev–Trinajstić information content (AvgIpc) is 3.49. The van der Waals surface area contributed by atoms with Crippen molar-refractivity contribution in [2.75, 3.05) is 31.7 Å². The second kappa shape index (κ2) is 14.8. The van der Waals surface area contributed by atoms with Gasteiger partial charge in [-0.25, -0.2) is 0 Å². The molecule has 0 radical (unpaired) electrons. The Labute approximate surface area is 307 Å². The summed E-state index contributed by atoms with van der Waals surface area (Å²) in [5.74, 6) is -0.790. The van der Waals surface area contributed by atoms with E-state index in [0.717, 1.165) is 48.1 Å². The van der Waals surface area contributed by atoms with Crippen molar-refractivity contribution < 1.29 is 32.2 Å². The highest BCUT2D eigenvalue weighted by Crippen LogP contribution is 2.51. The molecule has 52 heavy (non-hydrogen) atoms. The van der Waals surface area contributed by atoms with Crippen LogP contribution in [-0.4, -0.2) is 61.1 Å². The first-order chi connectivity index (χ1) is 24.8. The van der Waals surface area contributed by atoms with Gasteiger partial charge in [-0.2, -0.15) is 13.0 Å². The summed E-state index contributed by atoms with van der Waals surface area (Å²) in [6, 6.07) is 21.8. The molecule has 6 rings (SSSR count). The van der Waals surface area contributed by atoms with Gasteiger partial charge >= 0.3 is 5.97 Å². The first-order valence-electron chi connectivity index (χ1n) is 18.1. The molecule has 0 aliphatic carbocycles. The lowest BCUT2D eigenvalue weighted by atomic mass is 9.75. The quantitative estimate of drug-likeness (QED) is 0.0579. The zero-order chi connectivity index (χ0) is 37.3. The van der Waals surface area contributed by atoms with Crippen molar-refractivity contribution in [1.82, 2.24) is 0 Å². The minimum absolute atomic E-state index is 0.107. The predicted molar refractivity (Wildman–Crippen MR) is 210 cm³/mol. The molecule has 1 atom stereocenters. The van der Waals surface area contributed by atoms with Gasteiger partial charge < -0.3 is 14.7 Å². The zero-order valence-corrected chi connectivity index (χ0v) is 31.5. The van der Waals surface area contributed by atoms with Crippen LogP contribution in [0.3, 0.4) is 0 Å². The average molecular weight is 722 g/mol. The lowest BCUT2D eigenvalue weighted by Gasteiger charge is -2.27. The number of rotatable bonds is 14. The fourth-order valence-electron chi connectivity index (χ4n) is 8.43. The number of carboxylic acid groups (broad SMARTS) is 1. The van der Waals surface area contributed by atoms with E-state index in [-0.39, 0.29) is 16.7 Å². The van der Waals surface area contributed by atoms with E-state index in [0.29, 0.717) is 25.0 Å². The van der Waals surface area contributed by atoms with Gasteiger partial charge in [-0.1, -0.05) is 81.0 Å². The van der Waals surface area contributed by atoms with Crippen molar-refractivity contribution in [2.24, 2.45) is 0 Å². The third kappa shape index (κ3) is 6.73. The molecule has 2 N–H and O–H groups in total. The maximum atomic E-state index is 12.3. The Hall–Kier alpha value is -4.57. The number of fused-ring (bicyclic) bond motifs is 6. The summed E-state index contributed by atoms with van der Waals surface area (Å²) in [4.78, 5) is 13.3. The summed E-state index contributed by atoms with van der Waals surface area (Å²) in [6.07, 6.45) is 13.7. The number of unbranched alkanes of at least 4 members (excludes halogenated alkanes) is 2. The van der Waals surface area contributed by atoms with Crippen LogP contribution in [0.5, 0.6) is 0 Å². The zero-order valence-electron chi connectivity index (χ0n) is 30.7. The predicted octanol–water partition coefficient (Wildman–Crippen LogP) is 9.09. The van der Waals surface area contributed by atoms with Crippen LogP contribution in [0, 0.1) is 0 Å². The van der Waals surface area contributed by atoms with Crippen LogP contribution in [0.25, 0.3) is 21.5 Å². The number of benzene rings is 4. The second-order valence-corrected chi connectivity index (χ2v) is 15.8. The van der Waals surface area contributed by atoms with Gasteiger partial charge in [0.2, 0.25) is 5.69 Å². The number of nitrogens with zero attached hydrogens (tertiary/aromatic N) is 2. The Balaban J connectivity index is 1.37. The number of carboxylic acids is 1. The molecule has 0 fully saturated rings. The lowest BCUT2D eigenvalue weighted by molar-refractivity contribution is -0.433. The Morgan fingerprint density at radius 3 is 2.38 bits per heavy atom. The largest absolute Gasteiger partial charge is 0.481 e. The van der Waals surface area contributed by atoms with E-state index < -0.39 is 21.5 Å². The second-order valence-electron chi connectivity index (χ2n) is 14.4. The van der Waals surface area contributed by atoms with Crippen LogP contribution in [0.15, 0.2) is 108 Å². The van der Waals surface area contributed by atoms with Crippen LogP contribution in [-0.2, 0) is 30.5 Å². The number of aliphatic carboxylic acids is 1. The molecule has 9 heteroatoms. The van der Waals surface area contributed by atoms with E-state index in [1.54, 1.807) is 19.2 Å². The number of hydrogen-bond acceptors (Lipinski definition) is 5. The van der Waals surface area contributed by atoms with E-state index in [1.165, 1.54) is 33.8 Å². The number of methoxy groups -OCH3 is 1. The maximum Gasteiger partial charge on any atom is 0.303 e. The third-order valence-electron chi connectivity index (χ3n) is 10.9. The molecule has 0 aromatic heterocycles. The maximum absolute atomic E-state index is 12.3. The SMILES string of the molecule is CC[N+]1=C(/C=C/C=C/C=C2/N(CCCCCC(=O)O)c3ccc4c(S(=O)(=O)O)cccc4c3C2(C)C)C(C)(CCOC)c2c1ccc1ccccc21. The molecule has 272 valence electrons. The molecule has 0 saturated carbocycles. The molecule has 4 aromatic rings. The van der Waals surface area contributed by atoms with Gasteiger partial charge in [0.05, 0.1) is 5.41 Å². The molecular weight excluding hydrogens is 673 g/mol. The minimum Gasteiger partial charge on any atom is -0.481 e. The van der Waals surface area contributed by atoms with Crippen molar-refractivity contribution in [3.8, 4) is 0 Å². The van der Waals surface area contributed by atoms with Crippen molar-refractivity contribution in [3.63, 3.8) is 0 Å². The smallest absolute Gasteiger partial charge is 0.303 e. The van der Waals surface area contributed by atoms with Crippen LogP contribution >= 0.6 is 0 Å². The Bertz CT molecular complexity index is 2270. The summed E-state index contributed by atoms with van der Waals surface area (Å²) in [6.45, 7) is 10.9. The number of anilines is 1. The molecule has 2 heterocycles. The summed E-state index contributed by atoms with van der Waals surface area (Å²) in [5.41, 5.74) is 6.09. The molecule has 0 saturated heterocycles. The molecule has 0 spiro atoms. The molecule has 1 unspecified atom stereocenters. The summed E-state index contributed by atoms with van der Waals surface area (Å²) in [5, 5.41) is 12.9. The van der Waals surface area contributed by atoms with Crippen LogP contribution in [0.1, 0.15) is 70.9 Å². The highest BCUT2D eigenvalue weighted by Gasteiger charge is 2.48. The van der Waals surface area contributed by atoms with Gasteiger partial charge in [0.15, 0.2) is 5.71 Å². The molecule has 2 aliphatic heterocycles. The molecule has 0 bridgehead atoms. The first-order valence-corrected chi connectivity index (χ1v) is 19.5. The monoisotopic (exact) mass is 721 g/mol. The Kier molecular flexibility index (Phi) is 10.6. The summed E-state index contributed by atoms with van der Waals surface area (Å²) >= 11 is 0. The van der Waals surface area contributed by atoms with Crippen molar-refractivity contribution >= 4 is 54.7 Å². The van der Waals surface area contributed by atoms with Gasteiger partial charge in [-0.05, 0) is 79.1 Å². The molecule has 4 aromatic carbocycles. The highest BCUT2D eigenvalue weighted by molar-refractivity contribution is 7.86. The van der Waals surface area contributed by atoms with Gasteiger partial charge in [0, 0.05) is 66.6 Å². The van der Waals surface area contributed by atoms with Gasteiger partial charge in [-0.15, -0.1) is 0 Å². The van der Waals surface area contributed by atoms with E-state index in [4.69, 9.17) is 9.84 Å². The number of allylic oxidation sites excluding steroid dienone is 6. The molecule has 8 nitrogen and oxygen atoms in total. The Morgan fingerprint density at radius 2 is 1.65 bits per heavy atom. The lowest BCUT2D eigenvalue weighted by Crippen LogP contribution is -2.32. The summed E-state index contributed by atoms with van der Waals surface area (Å²) < 4.78 is 42.6.